The van der Waals surface area contributed by atoms with Crippen molar-refractivity contribution in [2.24, 2.45) is 5.41 Å². The van der Waals surface area contributed by atoms with Crippen LogP contribution in [0, 0.1) is 11.2 Å². The summed E-state index contributed by atoms with van der Waals surface area (Å²) < 4.78 is 13.5. The van der Waals surface area contributed by atoms with E-state index in [1.165, 1.54) is 6.07 Å². The fraction of sp³-hybridized carbons (Fsp3) is 0.533. The van der Waals surface area contributed by atoms with Crippen molar-refractivity contribution in [2.75, 3.05) is 6.54 Å². The molecule has 1 aromatic carbocycles. The number of hydrogen-bond acceptors (Lipinski definition) is 2. The zero-order chi connectivity index (χ0) is 15.2. The van der Waals surface area contributed by atoms with Crippen LogP contribution in [0.2, 0.25) is 5.02 Å². The van der Waals surface area contributed by atoms with Gasteiger partial charge in [-0.05, 0) is 36.9 Å². The van der Waals surface area contributed by atoms with E-state index in [-0.39, 0.29) is 17.7 Å². The molecule has 0 unspecified atom stereocenters. The van der Waals surface area contributed by atoms with Gasteiger partial charge in [0.05, 0.1) is 0 Å². The Labute approximate surface area is 124 Å². The van der Waals surface area contributed by atoms with Crippen LogP contribution in [0.5, 0.6) is 0 Å². The monoisotopic (exact) mass is 301 g/mol. The highest BCUT2D eigenvalue weighted by atomic mass is 35.5. The Bertz CT molecular complexity index is 463. The first kappa shape index (κ1) is 16.9. The lowest BCUT2D eigenvalue weighted by atomic mass is 9.84. The quantitative estimate of drug-likeness (QED) is 0.717. The second kappa shape index (κ2) is 7.60. The standard InChI is InChI=1S/C15H21ClFNO2/c1-15(2,6-5-14(19)20)7-8-18-10-11-3-4-12(16)9-13(11)17/h3-4,9,18H,5-8,10H2,1-2H3,(H,19,20). The molecule has 0 saturated heterocycles. The Kier molecular flexibility index (Phi) is 6.43. The zero-order valence-corrected chi connectivity index (χ0v) is 12.6. The Balaban J connectivity index is 2.32. The highest BCUT2D eigenvalue weighted by Crippen LogP contribution is 2.26. The molecule has 0 saturated carbocycles. The molecule has 0 aliphatic heterocycles. The van der Waals surface area contributed by atoms with Gasteiger partial charge in [-0.3, -0.25) is 4.79 Å². The molecule has 0 aliphatic carbocycles. The predicted molar refractivity (Wildman–Crippen MR) is 78.4 cm³/mol. The van der Waals surface area contributed by atoms with Gasteiger partial charge < -0.3 is 10.4 Å². The van der Waals surface area contributed by atoms with E-state index in [1.54, 1.807) is 12.1 Å². The molecule has 5 heteroatoms. The maximum absolute atomic E-state index is 13.5. The molecule has 0 heterocycles. The molecule has 1 rings (SSSR count). The third-order valence-corrected chi connectivity index (χ3v) is 3.56. The van der Waals surface area contributed by atoms with Gasteiger partial charge in [-0.15, -0.1) is 0 Å². The van der Waals surface area contributed by atoms with Gasteiger partial charge in [-0.25, -0.2) is 4.39 Å². The van der Waals surface area contributed by atoms with E-state index in [2.05, 4.69) is 5.32 Å². The molecule has 0 aliphatic rings. The Hall–Kier alpha value is -1.13. The fourth-order valence-electron chi connectivity index (χ4n) is 1.89. The SMILES string of the molecule is CC(C)(CCNCc1ccc(Cl)cc1F)CCC(=O)O. The molecule has 0 spiro atoms. The normalized spacial score (nSPS) is 11.6. The van der Waals surface area contributed by atoms with Gasteiger partial charge in [-0.1, -0.05) is 31.5 Å². The van der Waals surface area contributed by atoms with Crippen molar-refractivity contribution < 1.29 is 14.3 Å². The number of benzene rings is 1. The summed E-state index contributed by atoms with van der Waals surface area (Å²) in [5.41, 5.74) is 0.543. The average molecular weight is 302 g/mol. The van der Waals surface area contributed by atoms with Crippen molar-refractivity contribution in [1.29, 1.82) is 0 Å². The van der Waals surface area contributed by atoms with Crippen molar-refractivity contribution in [1.82, 2.24) is 5.32 Å². The Morgan fingerprint density at radius 3 is 2.70 bits per heavy atom. The first-order valence-corrected chi connectivity index (χ1v) is 7.04. The summed E-state index contributed by atoms with van der Waals surface area (Å²) >= 11 is 5.69. The number of nitrogens with one attached hydrogen (secondary N) is 1. The minimum Gasteiger partial charge on any atom is -0.481 e. The number of carboxylic acid groups (broad SMARTS) is 1. The van der Waals surface area contributed by atoms with E-state index >= 15 is 0 Å². The smallest absolute Gasteiger partial charge is 0.303 e. The molecule has 0 amide bonds. The molecular formula is C15H21ClFNO2. The molecule has 0 radical (unpaired) electrons. The third kappa shape index (κ3) is 6.35. The zero-order valence-electron chi connectivity index (χ0n) is 11.9. The molecule has 2 N–H and O–H groups in total. The average Bonchev–Trinajstić information content (AvgIpc) is 2.34. The van der Waals surface area contributed by atoms with E-state index in [1.807, 2.05) is 13.8 Å². The van der Waals surface area contributed by atoms with E-state index in [0.29, 0.717) is 30.1 Å². The van der Waals surface area contributed by atoms with Crippen LogP contribution in [0.1, 0.15) is 38.7 Å². The van der Waals surface area contributed by atoms with Gasteiger partial charge in [0.2, 0.25) is 0 Å². The minimum absolute atomic E-state index is 0.0378. The van der Waals surface area contributed by atoms with Gasteiger partial charge in [0, 0.05) is 23.6 Å². The van der Waals surface area contributed by atoms with Gasteiger partial charge in [0.1, 0.15) is 5.82 Å². The molecule has 1 aromatic rings. The van der Waals surface area contributed by atoms with Crippen LogP contribution in [0.4, 0.5) is 4.39 Å². The van der Waals surface area contributed by atoms with Crippen LogP contribution in [0.15, 0.2) is 18.2 Å². The first-order chi connectivity index (χ1) is 9.30. The summed E-state index contributed by atoms with van der Waals surface area (Å²) in [6.45, 7) is 5.24. The Morgan fingerprint density at radius 2 is 2.10 bits per heavy atom. The second-order valence-electron chi connectivity index (χ2n) is 5.72. The largest absolute Gasteiger partial charge is 0.481 e. The molecular weight excluding hydrogens is 281 g/mol. The van der Waals surface area contributed by atoms with Gasteiger partial charge >= 0.3 is 5.97 Å². The number of carboxylic acids is 1. The van der Waals surface area contributed by atoms with E-state index in [0.717, 1.165) is 6.42 Å². The molecule has 20 heavy (non-hydrogen) atoms. The molecule has 0 atom stereocenters. The van der Waals surface area contributed by atoms with Gasteiger partial charge in [-0.2, -0.15) is 0 Å². The van der Waals surface area contributed by atoms with Crippen LogP contribution < -0.4 is 5.32 Å². The van der Waals surface area contributed by atoms with Crippen molar-refractivity contribution in [2.45, 2.75) is 39.7 Å². The van der Waals surface area contributed by atoms with E-state index < -0.39 is 5.97 Å². The first-order valence-electron chi connectivity index (χ1n) is 6.67. The second-order valence-corrected chi connectivity index (χ2v) is 6.16. The topological polar surface area (TPSA) is 49.3 Å². The highest BCUT2D eigenvalue weighted by Gasteiger charge is 2.18. The van der Waals surface area contributed by atoms with Gasteiger partial charge in [0.15, 0.2) is 0 Å². The summed E-state index contributed by atoms with van der Waals surface area (Å²) in [7, 11) is 0. The van der Waals surface area contributed by atoms with Crippen LogP contribution in [-0.4, -0.2) is 17.6 Å². The lowest BCUT2D eigenvalue weighted by molar-refractivity contribution is -0.137. The highest BCUT2D eigenvalue weighted by molar-refractivity contribution is 6.30. The lowest BCUT2D eigenvalue weighted by Gasteiger charge is -2.23. The van der Waals surface area contributed by atoms with E-state index in [9.17, 15) is 9.18 Å². The van der Waals surface area contributed by atoms with Crippen molar-refractivity contribution >= 4 is 17.6 Å². The fourth-order valence-corrected chi connectivity index (χ4v) is 2.04. The number of carbonyl (C=O) groups is 1. The summed E-state index contributed by atoms with van der Waals surface area (Å²) in [6, 6.07) is 4.63. The molecule has 0 fully saturated rings. The molecule has 0 aromatic heterocycles. The molecule has 0 bridgehead atoms. The number of halogens is 2. The van der Waals surface area contributed by atoms with Gasteiger partial charge in [0.25, 0.3) is 0 Å². The number of rotatable bonds is 8. The van der Waals surface area contributed by atoms with Crippen LogP contribution in [-0.2, 0) is 11.3 Å². The number of aliphatic carboxylic acids is 1. The predicted octanol–water partition coefficient (Wildman–Crippen LogP) is 3.85. The minimum atomic E-state index is -0.769. The van der Waals surface area contributed by atoms with Crippen molar-refractivity contribution in [3.05, 3.63) is 34.6 Å². The van der Waals surface area contributed by atoms with Crippen molar-refractivity contribution in [3.63, 3.8) is 0 Å². The molecule has 3 nitrogen and oxygen atoms in total. The van der Waals surface area contributed by atoms with Crippen LogP contribution in [0.25, 0.3) is 0 Å². The van der Waals surface area contributed by atoms with Crippen LogP contribution >= 0.6 is 11.6 Å². The maximum atomic E-state index is 13.5. The third-order valence-electron chi connectivity index (χ3n) is 3.32. The summed E-state index contributed by atoms with van der Waals surface area (Å²) in [4.78, 5) is 10.6. The Morgan fingerprint density at radius 1 is 1.40 bits per heavy atom. The number of hydrogen-bond donors (Lipinski definition) is 2. The summed E-state index contributed by atoms with van der Waals surface area (Å²) in [6.07, 6.45) is 1.66. The summed E-state index contributed by atoms with van der Waals surface area (Å²) in [5, 5.41) is 12.2. The molecule has 112 valence electrons. The summed E-state index contributed by atoms with van der Waals surface area (Å²) in [5.74, 6) is -1.08. The lowest BCUT2D eigenvalue weighted by Crippen LogP contribution is -2.23. The van der Waals surface area contributed by atoms with Crippen molar-refractivity contribution in [3.8, 4) is 0 Å². The van der Waals surface area contributed by atoms with Crippen LogP contribution in [0.3, 0.4) is 0 Å². The van der Waals surface area contributed by atoms with E-state index in [4.69, 9.17) is 16.7 Å². The maximum Gasteiger partial charge on any atom is 0.303 e.